The van der Waals surface area contributed by atoms with Gasteiger partial charge in [-0.25, -0.2) is 0 Å². The fraction of sp³-hybridized carbons (Fsp3) is 0.200. The summed E-state index contributed by atoms with van der Waals surface area (Å²) in [5.41, 5.74) is 1.85. The Labute approximate surface area is 136 Å². The van der Waals surface area contributed by atoms with E-state index in [0.29, 0.717) is 17.1 Å². The van der Waals surface area contributed by atoms with Gasteiger partial charge in [-0.1, -0.05) is 39.7 Å². The summed E-state index contributed by atoms with van der Waals surface area (Å²) in [7, 11) is 0. The van der Waals surface area contributed by atoms with Crippen LogP contribution in [0.4, 0.5) is 5.69 Å². The van der Waals surface area contributed by atoms with Gasteiger partial charge in [0, 0.05) is 33.7 Å². The van der Waals surface area contributed by atoms with Crippen LogP contribution in [-0.2, 0) is 6.54 Å². The summed E-state index contributed by atoms with van der Waals surface area (Å²) in [6.45, 7) is 2.42. The lowest BCUT2D eigenvalue weighted by Crippen LogP contribution is -2.18. The molecule has 0 bridgehead atoms. The molecule has 0 aromatic heterocycles. The third-order valence-electron chi connectivity index (χ3n) is 3.21. The van der Waals surface area contributed by atoms with E-state index in [-0.39, 0.29) is 16.7 Å². The van der Waals surface area contributed by atoms with Crippen molar-refractivity contribution in [2.45, 2.75) is 19.5 Å². The summed E-state index contributed by atoms with van der Waals surface area (Å²) < 4.78 is 0.823. The fourth-order valence-electron chi connectivity index (χ4n) is 2.01. The second-order valence-corrected chi connectivity index (χ2v) is 6.04. The number of rotatable bonds is 5. The van der Waals surface area contributed by atoms with Gasteiger partial charge in [0.2, 0.25) is 0 Å². The highest BCUT2D eigenvalue weighted by atomic mass is 79.9. The van der Waals surface area contributed by atoms with Gasteiger partial charge in [-0.3, -0.25) is 10.1 Å². The molecule has 4 nitrogen and oxygen atoms in total. The summed E-state index contributed by atoms with van der Waals surface area (Å²) in [6, 6.07) is 12.6. The Bertz CT molecular complexity index is 647. The molecule has 1 N–H and O–H groups in total. The number of nitrogens with zero attached hydrogens (tertiary/aromatic N) is 1. The molecule has 0 radical (unpaired) electrons. The highest BCUT2D eigenvalue weighted by molar-refractivity contribution is 9.10. The molecule has 0 aliphatic rings. The van der Waals surface area contributed by atoms with Crippen LogP contribution in [0.1, 0.15) is 24.1 Å². The highest BCUT2D eigenvalue weighted by Gasteiger charge is 2.14. The van der Waals surface area contributed by atoms with E-state index in [1.165, 1.54) is 6.07 Å². The van der Waals surface area contributed by atoms with Crippen molar-refractivity contribution in [2.75, 3.05) is 0 Å². The van der Waals surface area contributed by atoms with Gasteiger partial charge >= 0.3 is 0 Å². The van der Waals surface area contributed by atoms with Crippen LogP contribution in [0.5, 0.6) is 0 Å². The van der Waals surface area contributed by atoms with E-state index in [4.69, 9.17) is 11.6 Å². The van der Waals surface area contributed by atoms with Crippen LogP contribution in [0, 0.1) is 10.1 Å². The van der Waals surface area contributed by atoms with Gasteiger partial charge in [-0.2, -0.15) is 0 Å². The van der Waals surface area contributed by atoms with Crippen LogP contribution >= 0.6 is 27.5 Å². The molecule has 0 amide bonds. The summed E-state index contributed by atoms with van der Waals surface area (Å²) in [5, 5.41) is 15.0. The van der Waals surface area contributed by atoms with Crippen LogP contribution in [0.3, 0.4) is 0 Å². The van der Waals surface area contributed by atoms with E-state index in [2.05, 4.69) is 21.2 Å². The number of nitro groups is 1. The number of nitro benzene ring substituents is 1. The second-order valence-electron chi connectivity index (χ2n) is 4.68. The van der Waals surface area contributed by atoms with Crippen molar-refractivity contribution >= 4 is 33.2 Å². The molecular formula is C15H14BrClN2O2. The molecule has 0 fully saturated rings. The molecule has 6 heteroatoms. The van der Waals surface area contributed by atoms with Crippen LogP contribution in [0.2, 0.25) is 5.02 Å². The average Bonchev–Trinajstić information content (AvgIpc) is 2.45. The molecule has 0 saturated heterocycles. The zero-order valence-electron chi connectivity index (χ0n) is 11.3. The maximum absolute atomic E-state index is 11.0. The van der Waals surface area contributed by atoms with Gasteiger partial charge < -0.3 is 5.32 Å². The summed E-state index contributed by atoms with van der Waals surface area (Å²) >= 11 is 9.20. The molecule has 2 aromatic rings. The number of halogens is 2. The van der Waals surface area contributed by atoms with Crippen molar-refractivity contribution < 1.29 is 4.92 Å². The smallest absolute Gasteiger partial charge is 0.273 e. The molecule has 2 rings (SSSR count). The van der Waals surface area contributed by atoms with Crippen LogP contribution in [-0.4, -0.2) is 4.92 Å². The molecule has 110 valence electrons. The number of benzene rings is 2. The Kier molecular flexibility index (Phi) is 5.33. The molecule has 0 aliphatic carbocycles. The predicted octanol–water partition coefficient (Wildman–Crippen LogP) is 4.86. The molecule has 0 saturated carbocycles. The van der Waals surface area contributed by atoms with E-state index < -0.39 is 0 Å². The van der Waals surface area contributed by atoms with Gasteiger partial charge in [-0.15, -0.1) is 0 Å². The van der Waals surface area contributed by atoms with Gasteiger partial charge in [0.05, 0.1) is 4.92 Å². The molecular weight excluding hydrogens is 356 g/mol. The van der Waals surface area contributed by atoms with Crippen molar-refractivity contribution in [1.82, 2.24) is 5.32 Å². The van der Waals surface area contributed by atoms with Gasteiger partial charge in [0.1, 0.15) is 0 Å². The Morgan fingerprint density at radius 1 is 1.29 bits per heavy atom. The molecule has 2 aromatic carbocycles. The molecule has 1 atom stereocenters. The third-order valence-corrected chi connectivity index (χ3v) is 3.95. The Balaban J connectivity index is 2.10. The molecule has 0 unspecified atom stereocenters. The lowest BCUT2D eigenvalue weighted by molar-refractivity contribution is -0.385. The first-order valence-corrected chi connectivity index (χ1v) is 7.56. The van der Waals surface area contributed by atoms with Crippen LogP contribution in [0.25, 0.3) is 0 Å². The Morgan fingerprint density at radius 3 is 2.57 bits per heavy atom. The first kappa shape index (κ1) is 15.9. The lowest BCUT2D eigenvalue weighted by atomic mass is 10.1. The van der Waals surface area contributed by atoms with Crippen molar-refractivity contribution in [2.24, 2.45) is 0 Å². The van der Waals surface area contributed by atoms with Crippen molar-refractivity contribution in [3.05, 3.63) is 73.2 Å². The molecule has 21 heavy (non-hydrogen) atoms. The number of nitrogens with one attached hydrogen (secondary N) is 1. The monoisotopic (exact) mass is 368 g/mol. The number of hydrogen-bond donors (Lipinski definition) is 1. The van der Waals surface area contributed by atoms with E-state index >= 15 is 0 Å². The Hall–Kier alpha value is -1.43. The number of hydrogen-bond acceptors (Lipinski definition) is 3. The SMILES string of the molecule is C[C@H](NCc1cc(Br)ccc1[N+](=O)[O-])c1ccc(Cl)cc1. The lowest BCUT2D eigenvalue weighted by Gasteiger charge is -2.14. The largest absolute Gasteiger partial charge is 0.306 e. The van der Waals surface area contributed by atoms with E-state index in [1.807, 2.05) is 31.2 Å². The minimum Gasteiger partial charge on any atom is -0.306 e. The third kappa shape index (κ3) is 4.27. The maximum atomic E-state index is 11.0. The van der Waals surface area contributed by atoms with Gasteiger partial charge in [0.25, 0.3) is 5.69 Å². The van der Waals surface area contributed by atoms with E-state index in [1.54, 1.807) is 12.1 Å². The molecule has 0 aliphatic heterocycles. The topological polar surface area (TPSA) is 55.2 Å². The summed E-state index contributed by atoms with van der Waals surface area (Å²) in [5.74, 6) is 0. The van der Waals surface area contributed by atoms with Crippen LogP contribution < -0.4 is 5.32 Å². The van der Waals surface area contributed by atoms with Crippen molar-refractivity contribution in [3.63, 3.8) is 0 Å². The normalized spacial score (nSPS) is 12.1. The molecule has 0 spiro atoms. The first-order chi connectivity index (χ1) is 9.97. The minimum atomic E-state index is -0.365. The summed E-state index contributed by atoms with van der Waals surface area (Å²) in [6.07, 6.45) is 0. The Morgan fingerprint density at radius 2 is 1.95 bits per heavy atom. The second kappa shape index (κ2) is 7.02. The minimum absolute atomic E-state index is 0.0702. The van der Waals surface area contributed by atoms with Crippen LogP contribution in [0.15, 0.2) is 46.9 Å². The maximum Gasteiger partial charge on any atom is 0.273 e. The summed E-state index contributed by atoms with van der Waals surface area (Å²) in [4.78, 5) is 10.7. The zero-order valence-corrected chi connectivity index (χ0v) is 13.7. The highest BCUT2D eigenvalue weighted by Crippen LogP contribution is 2.24. The first-order valence-electron chi connectivity index (χ1n) is 6.39. The van der Waals surface area contributed by atoms with Gasteiger partial charge in [0.15, 0.2) is 0 Å². The average molecular weight is 370 g/mol. The zero-order chi connectivity index (χ0) is 15.4. The van der Waals surface area contributed by atoms with Crippen molar-refractivity contribution in [3.8, 4) is 0 Å². The quantitative estimate of drug-likeness (QED) is 0.605. The van der Waals surface area contributed by atoms with E-state index in [9.17, 15) is 10.1 Å². The standard InChI is InChI=1S/C15H14BrClN2O2/c1-10(11-2-5-14(17)6-3-11)18-9-12-8-13(16)4-7-15(12)19(20)21/h2-8,10,18H,9H2,1H3/t10-/m0/s1. The molecule has 0 heterocycles. The fourth-order valence-corrected chi connectivity index (χ4v) is 2.54. The van der Waals surface area contributed by atoms with Crippen molar-refractivity contribution in [1.29, 1.82) is 0 Å². The van der Waals surface area contributed by atoms with E-state index in [0.717, 1.165) is 10.0 Å². The predicted molar refractivity (Wildman–Crippen MR) is 87.5 cm³/mol. The van der Waals surface area contributed by atoms with Gasteiger partial charge in [-0.05, 0) is 36.8 Å².